The van der Waals surface area contributed by atoms with E-state index in [0.29, 0.717) is 45.3 Å². The molecule has 12 nitrogen and oxygen atoms in total. The Kier molecular flexibility index (Phi) is 6.03. The van der Waals surface area contributed by atoms with E-state index in [2.05, 4.69) is 24.5 Å². The van der Waals surface area contributed by atoms with Crippen molar-refractivity contribution in [3.8, 4) is 11.3 Å². The molecule has 178 valence electrons. The summed E-state index contributed by atoms with van der Waals surface area (Å²) in [6.07, 6.45) is 5.87. The van der Waals surface area contributed by atoms with E-state index < -0.39 is 10.2 Å². The first kappa shape index (κ1) is 22.2. The van der Waals surface area contributed by atoms with Crippen molar-refractivity contribution in [2.75, 3.05) is 68.5 Å². The Bertz CT molecular complexity index is 1110. The fourth-order valence-electron chi connectivity index (χ4n) is 4.75. The van der Waals surface area contributed by atoms with Crippen LogP contribution >= 0.6 is 0 Å². The van der Waals surface area contributed by atoms with E-state index in [1.54, 1.807) is 12.4 Å². The highest BCUT2D eigenvalue weighted by Gasteiger charge is 2.36. The van der Waals surface area contributed by atoms with E-state index in [0.717, 1.165) is 48.4 Å². The quantitative estimate of drug-likeness (QED) is 0.589. The SMILES string of the molecule is CNS(=O)(=O)N1CCC[C@H](N2CCc3c(-c4cnc(N)nc4)nc(N4CCOCC4)nc32)C1. The summed E-state index contributed by atoms with van der Waals surface area (Å²) < 4.78 is 34.3. The number of piperidine rings is 1. The molecule has 0 bridgehead atoms. The number of hydrogen-bond acceptors (Lipinski definition) is 10. The van der Waals surface area contributed by atoms with Crippen molar-refractivity contribution in [2.24, 2.45) is 0 Å². The van der Waals surface area contributed by atoms with Crippen LogP contribution in [0.2, 0.25) is 0 Å². The molecular weight excluding hydrogens is 446 g/mol. The maximum atomic E-state index is 12.4. The molecule has 0 spiro atoms. The second-order valence-corrected chi connectivity index (χ2v) is 10.3. The number of rotatable bonds is 5. The Morgan fingerprint density at radius 1 is 1.12 bits per heavy atom. The summed E-state index contributed by atoms with van der Waals surface area (Å²) in [5.41, 5.74) is 8.33. The fourth-order valence-corrected chi connectivity index (χ4v) is 5.74. The van der Waals surface area contributed by atoms with Gasteiger partial charge in [-0.25, -0.2) is 19.7 Å². The minimum atomic E-state index is -3.47. The molecule has 2 aromatic heterocycles. The van der Waals surface area contributed by atoms with Gasteiger partial charge in [-0.1, -0.05) is 0 Å². The summed E-state index contributed by atoms with van der Waals surface area (Å²) in [6.45, 7) is 4.41. The molecule has 13 heteroatoms. The molecule has 33 heavy (non-hydrogen) atoms. The standard InChI is InChI=1S/C20H29N9O3S/c1-22-33(30,31)28-5-2-3-15(13-28)29-6-4-16-17(14-11-23-19(21)24-12-14)25-20(26-18(16)29)27-7-9-32-10-8-27/h11-12,15,22H,2-10,13H2,1H3,(H2,21,23,24)/t15-/m0/s1. The highest BCUT2D eigenvalue weighted by atomic mass is 32.2. The third-order valence-electron chi connectivity index (χ3n) is 6.49. The second-order valence-electron chi connectivity index (χ2n) is 8.41. The Hall–Kier alpha value is -2.61. The largest absolute Gasteiger partial charge is 0.378 e. The van der Waals surface area contributed by atoms with Gasteiger partial charge in [-0.3, -0.25) is 0 Å². The van der Waals surface area contributed by atoms with Crippen molar-refractivity contribution in [3.05, 3.63) is 18.0 Å². The molecule has 2 aromatic rings. The van der Waals surface area contributed by atoms with Crippen LogP contribution < -0.4 is 20.3 Å². The minimum Gasteiger partial charge on any atom is -0.378 e. The Morgan fingerprint density at radius 2 is 1.88 bits per heavy atom. The molecule has 0 aliphatic carbocycles. The number of nitrogen functional groups attached to an aromatic ring is 1. The highest BCUT2D eigenvalue weighted by molar-refractivity contribution is 7.87. The van der Waals surface area contributed by atoms with Gasteiger partial charge in [0.25, 0.3) is 10.2 Å². The average Bonchev–Trinajstić information content (AvgIpc) is 3.29. The molecule has 0 radical (unpaired) electrons. The molecule has 3 aliphatic heterocycles. The van der Waals surface area contributed by atoms with Gasteiger partial charge in [0, 0.05) is 69.3 Å². The van der Waals surface area contributed by atoms with E-state index in [9.17, 15) is 8.42 Å². The van der Waals surface area contributed by atoms with Crippen LogP contribution in [0.15, 0.2) is 12.4 Å². The zero-order valence-corrected chi connectivity index (χ0v) is 19.5. The fraction of sp³-hybridized carbons (Fsp3) is 0.600. The van der Waals surface area contributed by atoms with E-state index >= 15 is 0 Å². The molecule has 2 saturated heterocycles. The number of nitrogens with zero attached hydrogens (tertiary/aromatic N) is 7. The molecule has 0 saturated carbocycles. The van der Waals surface area contributed by atoms with Crippen molar-refractivity contribution < 1.29 is 13.2 Å². The third-order valence-corrected chi connectivity index (χ3v) is 8.01. The monoisotopic (exact) mass is 475 g/mol. The van der Waals surface area contributed by atoms with Crippen LogP contribution in [0.25, 0.3) is 11.3 Å². The van der Waals surface area contributed by atoms with Crippen LogP contribution in [0.5, 0.6) is 0 Å². The van der Waals surface area contributed by atoms with Crippen molar-refractivity contribution in [2.45, 2.75) is 25.3 Å². The topological polar surface area (TPSA) is 143 Å². The first-order chi connectivity index (χ1) is 16.0. The molecule has 0 aromatic carbocycles. The molecule has 0 unspecified atom stereocenters. The van der Waals surface area contributed by atoms with Gasteiger partial charge in [-0.15, -0.1) is 0 Å². The lowest BCUT2D eigenvalue weighted by Gasteiger charge is -2.37. The molecule has 0 amide bonds. The van der Waals surface area contributed by atoms with Crippen LogP contribution in [-0.2, 0) is 21.4 Å². The van der Waals surface area contributed by atoms with Crippen LogP contribution in [0.1, 0.15) is 18.4 Å². The predicted molar refractivity (Wildman–Crippen MR) is 124 cm³/mol. The lowest BCUT2D eigenvalue weighted by atomic mass is 10.1. The Labute approximate surface area is 193 Å². The van der Waals surface area contributed by atoms with Crippen LogP contribution in [-0.4, -0.2) is 91.7 Å². The van der Waals surface area contributed by atoms with E-state index in [4.69, 9.17) is 20.4 Å². The number of nitrogens with two attached hydrogens (primary N) is 1. The smallest absolute Gasteiger partial charge is 0.279 e. The third kappa shape index (κ3) is 4.33. The molecule has 5 rings (SSSR count). The summed E-state index contributed by atoms with van der Waals surface area (Å²) in [5, 5.41) is 0. The summed E-state index contributed by atoms with van der Waals surface area (Å²) >= 11 is 0. The molecule has 2 fully saturated rings. The summed E-state index contributed by atoms with van der Waals surface area (Å²) in [4.78, 5) is 22.6. The number of morpholine rings is 1. The van der Waals surface area contributed by atoms with Gasteiger partial charge in [0.2, 0.25) is 11.9 Å². The van der Waals surface area contributed by atoms with E-state index in [1.807, 2.05) is 0 Å². The predicted octanol–water partition coefficient (Wildman–Crippen LogP) is -0.356. The first-order valence-corrected chi connectivity index (χ1v) is 12.7. The second kappa shape index (κ2) is 8.97. The lowest BCUT2D eigenvalue weighted by molar-refractivity contribution is 0.122. The van der Waals surface area contributed by atoms with Gasteiger partial charge in [0.05, 0.1) is 18.9 Å². The van der Waals surface area contributed by atoms with Gasteiger partial charge in [0.1, 0.15) is 5.82 Å². The van der Waals surface area contributed by atoms with Gasteiger partial charge in [0.15, 0.2) is 0 Å². The van der Waals surface area contributed by atoms with Gasteiger partial charge >= 0.3 is 0 Å². The van der Waals surface area contributed by atoms with Crippen LogP contribution in [0.3, 0.4) is 0 Å². The average molecular weight is 476 g/mol. The normalized spacial score (nSPS) is 21.9. The van der Waals surface area contributed by atoms with Crippen LogP contribution in [0, 0.1) is 0 Å². The summed E-state index contributed by atoms with van der Waals surface area (Å²) in [6, 6.07) is 0.0473. The van der Waals surface area contributed by atoms with E-state index in [1.165, 1.54) is 11.4 Å². The number of fused-ring (bicyclic) bond motifs is 1. The van der Waals surface area contributed by atoms with Gasteiger partial charge < -0.3 is 20.3 Å². The zero-order valence-electron chi connectivity index (χ0n) is 18.6. The number of ether oxygens (including phenoxy) is 1. The number of nitrogens with one attached hydrogen (secondary N) is 1. The Morgan fingerprint density at radius 3 is 2.61 bits per heavy atom. The van der Waals surface area contributed by atoms with Crippen molar-refractivity contribution in [1.29, 1.82) is 0 Å². The van der Waals surface area contributed by atoms with Crippen molar-refractivity contribution >= 4 is 27.9 Å². The van der Waals surface area contributed by atoms with E-state index in [-0.39, 0.29) is 12.0 Å². The number of hydrogen-bond donors (Lipinski definition) is 2. The number of anilines is 3. The molecule has 5 heterocycles. The van der Waals surface area contributed by atoms with Crippen molar-refractivity contribution in [1.82, 2.24) is 29.0 Å². The van der Waals surface area contributed by atoms with Gasteiger partial charge in [-0.2, -0.15) is 17.7 Å². The molecular formula is C20H29N9O3S. The Balaban J connectivity index is 1.53. The molecule has 1 atom stereocenters. The minimum absolute atomic E-state index is 0.0473. The first-order valence-electron chi connectivity index (χ1n) is 11.2. The van der Waals surface area contributed by atoms with Crippen molar-refractivity contribution in [3.63, 3.8) is 0 Å². The summed E-state index contributed by atoms with van der Waals surface area (Å²) in [7, 11) is -2.02. The highest BCUT2D eigenvalue weighted by Crippen LogP contribution is 2.37. The zero-order chi connectivity index (χ0) is 23.0. The lowest BCUT2D eigenvalue weighted by Crippen LogP contribution is -2.52. The maximum Gasteiger partial charge on any atom is 0.279 e. The molecule has 3 N–H and O–H groups in total. The van der Waals surface area contributed by atoms with Crippen LogP contribution in [0.4, 0.5) is 17.7 Å². The van der Waals surface area contributed by atoms with Gasteiger partial charge in [-0.05, 0) is 19.3 Å². The molecule has 3 aliphatic rings. The summed E-state index contributed by atoms with van der Waals surface area (Å²) in [5.74, 6) is 1.73. The maximum absolute atomic E-state index is 12.4. The number of aromatic nitrogens is 4.